The van der Waals surface area contributed by atoms with E-state index in [0.29, 0.717) is 31.8 Å². The number of primary amides is 1. The third-order valence-corrected chi connectivity index (χ3v) is 2.35. The van der Waals surface area contributed by atoms with Crippen LogP contribution in [0, 0.1) is 0 Å². The van der Waals surface area contributed by atoms with Crippen LogP contribution in [0.2, 0.25) is 0 Å². The largest absolute Gasteiger partial charge is 0.494 e. The average Bonchev–Trinajstić information content (AvgIpc) is 2.44. The fourth-order valence-corrected chi connectivity index (χ4v) is 1.49. The van der Waals surface area contributed by atoms with E-state index in [4.69, 9.17) is 15.2 Å². The van der Waals surface area contributed by atoms with Gasteiger partial charge in [-0.25, -0.2) is 10.2 Å². The molecule has 3 N–H and O–H groups in total. The number of hydrogen-bond acceptors (Lipinski definition) is 5. The van der Waals surface area contributed by atoms with E-state index in [9.17, 15) is 9.59 Å². The number of hydrazone groups is 1. The molecule has 0 aliphatic rings. The third kappa shape index (κ3) is 7.56. The van der Waals surface area contributed by atoms with Crippen LogP contribution in [0.25, 0.3) is 0 Å². The lowest BCUT2D eigenvalue weighted by molar-refractivity contribution is -0.143. The summed E-state index contributed by atoms with van der Waals surface area (Å²) in [6.07, 6.45) is 2.37. The van der Waals surface area contributed by atoms with Crippen molar-refractivity contribution in [2.24, 2.45) is 10.8 Å². The van der Waals surface area contributed by atoms with E-state index < -0.39 is 6.03 Å². The van der Waals surface area contributed by atoms with Gasteiger partial charge in [0.25, 0.3) is 0 Å². The van der Waals surface area contributed by atoms with Gasteiger partial charge in [-0.15, -0.1) is 0 Å². The van der Waals surface area contributed by atoms with Gasteiger partial charge in [-0.3, -0.25) is 4.79 Å². The highest BCUT2D eigenvalue weighted by atomic mass is 16.5. The van der Waals surface area contributed by atoms with E-state index in [-0.39, 0.29) is 5.97 Å². The highest BCUT2D eigenvalue weighted by molar-refractivity contribution is 5.81. The molecule has 0 bridgehead atoms. The molecule has 0 spiro atoms. The Morgan fingerprint density at radius 3 is 2.95 bits per heavy atom. The van der Waals surface area contributed by atoms with Crippen molar-refractivity contribution >= 4 is 18.2 Å². The van der Waals surface area contributed by atoms with Crippen molar-refractivity contribution in [3.63, 3.8) is 0 Å². The van der Waals surface area contributed by atoms with E-state index in [1.54, 1.807) is 31.2 Å². The minimum Gasteiger partial charge on any atom is -0.494 e. The molecule has 1 rings (SSSR count). The van der Waals surface area contributed by atoms with Crippen LogP contribution in [0.4, 0.5) is 4.79 Å². The number of carbonyl (C=O) groups is 2. The number of urea groups is 1. The number of ether oxygens (including phenoxy) is 2. The predicted molar refractivity (Wildman–Crippen MR) is 78.1 cm³/mol. The topological polar surface area (TPSA) is 103 Å². The van der Waals surface area contributed by atoms with Gasteiger partial charge in [0, 0.05) is 6.42 Å². The number of benzene rings is 1. The van der Waals surface area contributed by atoms with Crippen molar-refractivity contribution < 1.29 is 19.1 Å². The van der Waals surface area contributed by atoms with Gasteiger partial charge < -0.3 is 15.2 Å². The molecule has 2 amide bonds. The Labute approximate surface area is 123 Å². The maximum Gasteiger partial charge on any atom is 0.332 e. The van der Waals surface area contributed by atoms with Gasteiger partial charge >= 0.3 is 12.0 Å². The summed E-state index contributed by atoms with van der Waals surface area (Å²) in [5.41, 5.74) is 7.75. The first-order valence-corrected chi connectivity index (χ1v) is 6.59. The number of rotatable bonds is 8. The zero-order valence-corrected chi connectivity index (χ0v) is 11.9. The molecular formula is C14H19N3O4. The van der Waals surface area contributed by atoms with Crippen molar-refractivity contribution in [1.82, 2.24) is 5.43 Å². The number of carbonyl (C=O) groups excluding carboxylic acids is 2. The van der Waals surface area contributed by atoms with E-state index in [1.807, 2.05) is 0 Å². The fourth-order valence-electron chi connectivity index (χ4n) is 1.49. The van der Waals surface area contributed by atoms with Gasteiger partial charge in [-0.2, -0.15) is 5.10 Å². The maximum atomic E-state index is 11.1. The number of esters is 1. The summed E-state index contributed by atoms with van der Waals surface area (Å²) in [7, 11) is 0. The van der Waals surface area contributed by atoms with Gasteiger partial charge in [0.1, 0.15) is 5.75 Å². The van der Waals surface area contributed by atoms with Crippen LogP contribution in [0.5, 0.6) is 5.75 Å². The van der Waals surface area contributed by atoms with Gasteiger partial charge in [-0.05, 0) is 31.0 Å². The van der Waals surface area contributed by atoms with Crippen molar-refractivity contribution in [2.45, 2.75) is 19.8 Å². The molecule has 0 saturated heterocycles. The molecule has 114 valence electrons. The standard InChI is InChI=1S/C14H19N3O4/c1-2-20-13(18)7-4-8-21-12-6-3-5-11(9-12)10-16-17-14(15)19/h3,5-6,9-10H,2,4,7-8H2,1H3,(H3,15,17,19). The summed E-state index contributed by atoms with van der Waals surface area (Å²) < 4.78 is 10.3. The normalized spacial score (nSPS) is 10.3. The molecule has 0 aliphatic carbocycles. The minimum atomic E-state index is -0.724. The molecule has 0 aliphatic heterocycles. The Morgan fingerprint density at radius 1 is 1.43 bits per heavy atom. The molecule has 0 atom stereocenters. The molecule has 7 heteroatoms. The first kappa shape index (κ1) is 16.5. The third-order valence-electron chi connectivity index (χ3n) is 2.35. The Hall–Kier alpha value is -2.57. The number of amides is 2. The van der Waals surface area contributed by atoms with Crippen LogP contribution in [0.3, 0.4) is 0 Å². The van der Waals surface area contributed by atoms with Gasteiger partial charge in [0.15, 0.2) is 0 Å². The van der Waals surface area contributed by atoms with Crippen LogP contribution in [0.1, 0.15) is 25.3 Å². The maximum absolute atomic E-state index is 11.1. The Kier molecular flexibility index (Phi) is 7.34. The van der Waals surface area contributed by atoms with Crippen LogP contribution in [-0.2, 0) is 9.53 Å². The average molecular weight is 293 g/mol. The second-order valence-electron chi connectivity index (χ2n) is 4.06. The number of hydrogen-bond donors (Lipinski definition) is 2. The zero-order chi connectivity index (χ0) is 15.5. The molecule has 1 aromatic rings. The smallest absolute Gasteiger partial charge is 0.332 e. The molecule has 21 heavy (non-hydrogen) atoms. The van der Waals surface area contributed by atoms with Crippen LogP contribution < -0.4 is 15.9 Å². The van der Waals surface area contributed by atoms with E-state index in [1.165, 1.54) is 6.21 Å². The SMILES string of the molecule is CCOC(=O)CCCOc1cccc(C=NNC(N)=O)c1. The zero-order valence-electron chi connectivity index (χ0n) is 11.9. The summed E-state index contributed by atoms with van der Waals surface area (Å²) in [5.74, 6) is 0.432. The van der Waals surface area contributed by atoms with Gasteiger partial charge in [0.2, 0.25) is 0 Å². The molecule has 0 saturated carbocycles. The number of nitrogens with two attached hydrogens (primary N) is 1. The molecule has 0 heterocycles. The van der Waals surface area contributed by atoms with Gasteiger partial charge in [0.05, 0.1) is 19.4 Å². The van der Waals surface area contributed by atoms with Gasteiger partial charge in [-0.1, -0.05) is 12.1 Å². The summed E-state index contributed by atoms with van der Waals surface area (Å²) in [6, 6.07) is 6.43. The molecule has 1 aromatic carbocycles. The highest BCUT2D eigenvalue weighted by Crippen LogP contribution is 2.12. The lowest BCUT2D eigenvalue weighted by Gasteiger charge is -2.06. The summed E-state index contributed by atoms with van der Waals surface area (Å²) in [6.45, 7) is 2.58. The van der Waals surface area contributed by atoms with Crippen molar-refractivity contribution in [3.05, 3.63) is 29.8 Å². The first-order chi connectivity index (χ1) is 10.1. The Balaban J connectivity index is 2.37. The molecule has 0 unspecified atom stereocenters. The predicted octanol–water partition coefficient (Wildman–Crippen LogP) is 1.41. The first-order valence-electron chi connectivity index (χ1n) is 6.59. The Morgan fingerprint density at radius 2 is 2.24 bits per heavy atom. The summed E-state index contributed by atoms with van der Waals surface area (Å²) in [5, 5.41) is 3.66. The van der Waals surface area contributed by atoms with Crippen molar-refractivity contribution in [2.75, 3.05) is 13.2 Å². The summed E-state index contributed by atoms with van der Waals surface area (Å²) >= 11 is 0. The molecule has 0 fully saturated rings. The molecular weight excluding hydrogens is 274 g/mol. The highest BCUT2D eigenvalue weighted by Gasteiger charge is 2.01. The van der Waals surface area contributed by atoms with Crippen LogP contribution in [0.15, 0.2) is 29.4 Å². The lowest BCUT2D eigenvalue weighted by Crippen LogP contribution is -2.24. The summed E-state index contributed by atoms with van der Waals surface area (Å²) in [4.78, 5) is 21.6. The number of nitrogens with one attached hydrogen (secondary N) is 1. The molecule has 0 aromatic heterocycles. The van der Waals surface area contributed by atoms with E-state index in [0.717, 1.165) is 5.56 Å². The second kappa shape index (κ2) is 9.35. The van der Waals surface area contributed by atoms with Crippen molar-refractivity contribution in [3.8, 4) is 5.75 Å². The monoisotopic (exact) mass is 293 g/mol. The quantitative estimate of drug-likeness (QED) is 0.327. The Bertz CT molecular complexity index is 503. The molecule has 7 nitrogen and oxygen atoms in total. The van der Waals surface area contributed by atoms with E-state index in [2.05, 4.69) is 10.5 Å². The van der Waals surface area contributed by atoms with Crippen molar-refractivity contribution in [1.29, 1.82) is 0 Å². The van der Waals surface area contributed by atoms with Crippen LogP contribution in [-0.4, -0.2) is 31.4 Å². The number of nitrogens with zero attached hydrogens (tertiary/aromatic N) is 1. The van der Waals surface area contributed by atoms with Crippen LogP contribution >= 0.6 is 0 Å². The molecule has 0 radical (unpaired) electrons. The lowest BCUT2D eigenvalue weighted by atomic mass is 10.2. The minimum absolute atomic E-state index is 0.223. The second-order valence-corrected chi connectivity index (χ2v) is 4.06. The fraction of sp³-hybridized carbons (Fsp3) is 0.357. The van der Waals surface area contributed by atoms with E-state index >= 15 is 0 Å².